The number of amides is 1. The number of carbonyl (C=O) groups is 1. The van der Waals surface area contributed by atoms with E-state index in [0.717, 1.165) is 6.42 Å². The Hall–Kier alpha value is -2.17. The number of nitrogens with one attached hydrogen (secondary N) is 2. The Labute approximate surface area is 112 Å². The molecular weight excluding hydrogens is 240 g/mol. The van der Waals surface area contributed by atoms with Gasteiger partial charge in [-0.05, 0) is 24.8 Å². The van der Waals surface area contributed by atoms with Crippen molar-refractivity contribution >= 4 is 5.91 Å². The van der Waals surface area contributed by atoms with E-state index in [4.69, 9.17) is 0 Å². The minimum absolute atomic E-state index is 0.199. The smallest absolute Gasteiger partial charge is 0.290 e. The van der Waals surface area contributed by atoms with Crippen LogP contribution in [0.4, 0.5) is 0 Å². The molecule has 1 atom stereocenters. The van der Waals surface area contributed by atoms with Crippen LogP contribution >= 0.6 is 0 Å². The number of hydrogen-bond acceptors (Lipinski definition) is 3. The van der Waals surface area contributed by atoms with Gasteiger partial charge in [0, 0.05) is 6.54 Å². The summed E-state index contributed by atoms with van der Waals surface area (Å²) >= 11 is 0. The van der Waals surface area contributed by atoms with Gasteiger partial charge in [-0.3, -0.25) is 9.89 Å². The molecule has 0 saturated heterocycles. The molecule has 2 N–H and O–H groups in total. The molecule has 100 valence electrons. The molecule has 0 spiro atoms. The minimum Gasteiger partial charge on any atom is -0.349 e. The summed E-state index contributed by atoms with van der Waals surface area (Å²) in [4.78, 5) is 15.7. The maximum atomic E-state index is 11.7. The zero-order valence-corrected chi connectivity index (χ0v) is 11.2. The predicted octanol–water partition coefficient (Wildman–Crippen LogP) is 2.04. The van der Waals surface area contributed by atoms with E-state index in [9.17, 15) is 4.79 Å². The molecule has 1 aromatic heterocycles. The average Bonchev–Trinajstić information content (AvgIpc) is 2.86. The third-order valence-electron chi connectivity index (χ3n) is 3.03. The highest BCUT2D eigenvalue weighted by Crippen LogP contribution is 2.17. The van der Waals surface area contributed by atoms with Gasteiger partial charge in [0.1, 0.15) is 5.82 Å². The van der Waals surface area contributed by atoms with E-state index in [-0.39, 0.29) is 11.7 Å². The van der Waals surface area contributed by atoms with Crippen LogP contribution in [-0.2, 0) is 0 Å². The van der Waals surface area contributed by atoms with Crippen molar-refractivity contribution in [3.8, 4) is 0 Å². The Morgan fingerprint density at radius 1 is 1.37 bits per heavy atom. The summed E-state index contributed by atoms with van der Waals surface area (Å²) < 4.78 is 0. The summed E-state index contributed by atoms with van der Waals surface area (Å²) in [7, 11) is 0. The molecule has 5 nitrogen and oxygen atoms in total. The Kier molecular flexibility index (Phi) is 4.28. The lowest BCUT2D eigenvalue weighted by molar-refractivity contribution is 0.0942. The molecule has 2 rings (SSSR count). The Balaban J connectivity index is 1.79. The van der Waals surface area contributed by atoms with Crippen molar-refractivity contribution in [1.82, 2.24) is 20.5 Å². The third-order valence-corrected chi connectivity index (χ3v) is 3.03. The van der Waals surface area contributed by atoms with Gasteiger partial charge in [-0.1, -0.05) is 37.3 Å². The quantitative estimate of drug-likeness (QED) is 0.862. The van der Waals surface area contributed by atoms with Crippen LogP contribution < -0.4 is 5.32 Å². The first-order chi connectivity index (χ1) is 9.16. The molecule has 1 aromatic carbocycles. The number of aromatic amines is 1. The molecule has 0 saturated carbocycles. The monoisotopic (exact) mass is 258 g/mol. The molecule has 5 heteroatoms. The lowest BCUT2D eigenvalue weighted by atomic mass is 9.98. The standard InChI is InChI=1S/C14H18N4O/c1-10(12-6-4-3-5-7-12)8-9-15-14(19)13-16-11(2)17-18-13/h3-7,10H,8-9H2,1-2H3,(H,15,19)(H,16,17,18). The van der Waals surface area contributed by atoms with Crippen molar-refractivity contribution in [2.75, 3.05) is 6.54 Å². The molecule has 0 aliphatic heterocycles. The van der Waals surface area contributed by atoms with Crippen LogP contribution in [0.2, 0.25) is 0 Å². The summed E-state index contributed by atoms with van der Waals surface area (Å²) in [6.07, 6.45) is 0.888. The van der Waals surface area contributed by atoms with E-state index in [1.165, 1.54) is 5.56 Å². The zero-order chi connectivity index (χ0) is 13.7. The van der Waals surface area contributed by atoms with Crippen LogP contribution in [0, 0.1) is 6.92 Å². The summed E-state index contributed by atoms with van der Waals surface area (Å²) in [6.45, 7) is 4.53. The van der Waals surface area contributed by atoms with Crippen LogP contribution in [0.25, 0.3) is 0 Å². The predicted molar refractivity (Wildman–Crippen MR) is 72.9 cm³/mol. The fourth-order valence-corrected chi connectivity index (χ4v) is 1.87. The van der Waals surface area contributed by atoms with E-state index in [0.29, 0.717) is 18.3 Å². The fraction of sp³-hybridized carbons (Fsp3) is 0.357. The van der Waals surface area contributed by atoms with Crippen LogP contribution in [0.1, 0.15) is 41.3 Å². The summed E-state index contributed by atoms with van der Waals surface area (Å²) in [6, 6.07) is 10.3. The normalized spacial score (nSPS) is 12.1. The number of carbonyl (C=O) groups excluding carboxylic acids is 1. The van der Waals surface area contributed by atoms with Gasteiger partial charge in [-0.2, -0.15) is 0 Å². The van der Waals surface area contributed by atoms with E-state index >= 15 is 0 Å². The third kappa shape index (κ3) is 3.64. The molecule has 0 aliphatic carbocycles. The van der Waals surface area contributed by atoms with Crippen LogP contribution in [-0.4, -0.2) is 27.6 Å². The molecule has 1 amide bonds. The molecule has 19 heavy (non-hydrogen) atoms. The van der Waals surface area contributed by atoms with E-state index in [2.05, 4.69) is 39.6 Å². The Bertz CT molecular complexity index is 535. The molecular formula is C14H18N4O. The Morgan fingerprint density at radius 2 is 2.11 bits per heavy atom. The second-order valence-electron chi connectivity index (χ2n) is 4.60. The lowest BCUT2D eigenvalue weighted by Crippen LogP contribution is -2.26. The van der Waals surface area contributed by atoms with Gasteiger partial charge in [-0.15, -0.1) is 5.10 Å². The van der Waals surface area contributed by atoms with Gasteiger partial charge >= 0.3 is 0 Å². The number of benzene rings is 1. The zero-order valence-electron chi connectivity index (χ0n) is 11.2. The van der Waals surface area contributed by atoms with Crippen molar-refractivity contribution in [3.05, 3.63) is 47.5 Å². The largest absolute Gasteiger partial charge is 0.349 e. The number of rotatable bonds is 5. The highest BCUT2D eigenvalue weighted by molar-refractivity contribution is 5.90. The first kappa shape index (κ1) is 13.3. The molecule has 0 fully saturated rings. The fourth-order valence-electron chi connectivity index (χ4n) is 1.87. The van der Waals surface area contributed by atoms with Gasteiger partial charge in [0.25, 0.3) is 5.91 Å². The van der Waals surface area contributed by atoms with Gasteiger partial charge in [0.2, 0.25) is 5.82 Å². The number of aryl methyl sites for hydroxylation is 1. The first-order valence-electron chi connectivity index (χ1n) is 6.39. The SMILES string of the molecule is Cc1nc(C(=O)NCCC(C)c2ccccc2)n[nH]1. The van der Waals surface area contributed by atoms with Gasteiger partial charge < -0.3 is 5.32 Å². The minimum atomic E-state index is -0.232. The van der Waals surface area contributed by atoms with Crippen LogP contribution in [0.5, 0.6) is 0 Å². The highest BCUT2D eigenvalue weighted by atomic mass is 16.2. The van der Waals surface area contributed by atoms with Crippen molar-refractivity contribution in [2.45, 2.75) is 26.2 Å². The maximum Gasteiger partial charge on any atom is 0.290 e. The molecule has 2 aromatic rings. The molecule has 0 aliphatic rings. The first-order valence-corrected chi connectivity index (χ1v) is 6.39. The topological polar surface area (TPSA) is 70.7 Å². The molecule has 0 bridgehead atoms. The number of nitrogens with zero attached hydrogens (tertiary/aromatic N) is 2. The van der Waals surface area contributed by atoms with Gasteiger partial charge in [0.05, 0.1) is 0 Å². The summed E-state index contributed by atoms with van der Waals surface area (Å²) in [5, 5.41) is 9.31. The average molecular weight is 258 g/mol. The maximum absolute atomic E-state index is 11.7. The van der Waals surface area contributed by atoms with Crippen molar-refractivity contribution < 1.29 is 4.79 Å². The highest BCUT2D eigenvalue weighted by Gasteiger charge is 2.11. The Morgan fingerprint density at radius 3 is 2.74 bits per heavy atom. The van der Waals surface area contributed by atoms with Crippen LogP contribution in [0.3, 0.4) is 0 Å². The van der Waals surface area contributed by atoms with Crippen molar-refractivity contribution in [3.63, 3.8) is 0 Å². The summed E-state index contributed by atoms with van der Waals surface area (Å²) in [5.41, 5.74) is 1.28. The van der Waals surface area contributed by atoms with Crippen molar-refractivity contribution in [2.24, 2.45) is 0 Å². The van der Waals surface area contributed by atoms with Crippen molar-refractivity contribution in [1.29, 1.82) is 0 Å². The van der Waals surface area contributed by atoms with Crippen LogP contribution in [0.15, 0.2) is 30.3 Å². The molecule has 0 radical (unpaired) electrons. The number of H-pyrrole nitrogens is 1. The molecule has 1 heterocycles. The van der Waals surface area contributed by atoms with E-state index in [1.54, 1.807) is 6.92 Å². The number of aromatic nitrogens is 3. The second kappa shape index (κ2) is 6.13. The van der Waals surface area contributed by atoms with Gasteiger partial charge in [0.15, 0.2) is 0 Å². The lowest BCUT2D eigenvalue weighted by Gasteiger charge is -2.11. The second-order valence-corrected chi connectivity index (χ2v) is 4.60. The van der Waals surface area contributed by atoms with E-state index in [1.807, 2.05) is 18.2 Å². The number of hydrogen-bond donors (Lipinski definition) is 2. The van der Waals surface area contributed by atoms with Gasteiger partial charge in [-0.25, -0.2) is 4.98 Å². The molecule has 1 unspecified atom stereocenters. The summed E-state index contributed by atoms with van der Waals surface area (Å²) in [5.74, 6) is 1.02. The van der Waals surface area contributed by atoms with E-state index < -0.39 is 0 Å².